The van der Waals surface area contributed by atoms with Gasteiger partial charge in [-0.3, -0.25) is 14.5 Å². The van der Waals surface area contributed by atoms with E-state index in [1.807, 2.05) is 36.4 Å². The second-order valence-corrected chi connectivity index (χ2v) is 8.65. The molecule has 2 amide bonds. The monoisotopic (exact) mass is 385 g/mol. The minimum absolute atomic E-state index is 0.0359. The number of likely N-dealkylation sites (tertiary alicyclic amines) is 1. The zero-order valence-corrected chi connectivity index (χ0v) is 16.6. The van der Waals surface area contributed by atoms with Crippen molar-refractivity contribution < 1.29 is 9.59 Å². The SMILES string of the molecule is O=C1[C@H]2[C@H](C(=O)N1C1CCCCC1)[C@H](c1ccccc1)C=C[C@H]2c1ccccc1. The molecule has 1 aliphatic heterocycles. The Balaban J connectivity index is 1.58. The number of rotatable bonds is 3. The van der Waals surface area contributed by atoms with Crippen LogP contribution in [0.2, 0.25) is 0 Å². The van der Waals surface area contributed by atoms with Crippen LogP contribution in [0.5, 0.6) is 0 Å². The molecule has 0 aromatic heterocycles. The number of allylic oxidation sites excluding steroid dienone is 2. The summed E-state index contributed by atoms with van der Waals surface area (Å²) < 4.78 is 0. The highest BCUT2D eigenvalue weighted by atomic mass is 16.2. The summed E-state index contributed by atoms with van der Waals surface area (Å²) in [6, 6.07) is 20.5. The molecular formula is C26H27NO2. The van der Waals surface area contributed by atoms with Crippen LogP contribution < -0.4 is 0 Å². The van der Waals surface area contributed by atoms with Crippen molar-refractivity contribution >= 4 is 11.8 Å². The van der Waals surface area contributed by atoms with Crippen molar-refractivity contribution in [2.75, 3.05) is 0 Å². The van der Waals surface area contributed by atoms with E-state index in [1.165, 1.54) is 6.42 Å². The molecule has 29 heavy (non-hydrogen) atoms. The van der Waals surface area contributed by atoms with Crippen LogP contribution in [0, 0.1) is 11.8 Å². The molecule has 2 aromatic carbocycles. The van der Waals surface area contributed by atoms with Crippen LogP contribution in [0.4, 0.5) is 0 Å². The van der Waals surface area contributed by atoms with Crippen LogP contribution in [0.15, 0.2) is 72.8 Å². The second-order valence-electron chi connectivity index (χ2n) is 8.65. The number of imide groups is 1. The first-order chi connectivity index (χ1) is 14.3. The quantitative estimate of drug-likeness (QED) is 0.547. The Labute approximate surface area is 172 Å². The lowest BCUT2D eigenvalue weighted by Crippen LogP contribution is -2.42. The minimum atomic E-state index is -0.304. The Bertz CT molecular complexity index is 847. The molecule has 2 aliphatic carbocycles. The molecular weight excluding hydrogens is 358 g/mol. The molecule has 1 heterocycles. The number of amides is 2. The highest BCUT2D eigenvalue weighted by Gasteiger charge is 2.56. The Morgan fingerprint density at radius 2 is 1.07 bits per heavy atom. The van der Waals surface area contributed by atoms with Gasteiger partial charge in [0, 0.05) is 17.9 Å². The zero-order chi connectivity index (χ0) is 19.8. The molecule has 148 valence electrons. The van der Waals surface area contributed by atoms with Gasteiger partial charge in [0.25, 0.3) is 0 Å². The van der Waals surface area contributed by atoms with Gasteiger partial charge in [0.1, 0.15) is 0 Å². The van der Waals surface area contributed by atoms with Crippen molar-refractivity contribution in [3.63, 3.8) is 0 Å². The predicted octanol–water partition coefficient (Wildman–Crippen LogP) is 5.06. The van der Waals surface area contributed by atoms with Gasteiger partial charge in [0.15, 0.2) is 0 Å². The van der Waals surface area contributed by atoms with E-state index in [1.54, 1.807) is 4.90 Å². The lowest BCUT2D eigenvalue weighted by atomic mass is 9.68. The van der Waals surface area contributed by atoms with E-state index in [4.69, 9.17) is 0 Å². The van der Waals surface area contributed by atoms with Crippen molar-refractivity contribution in [3.8, 4) is 0 Å². The third-order valence-corrected chi connectivity index (χ3v) is 7.04. The first-order valence-electron chi connectivity index (χ1n) is 10.9. The van der Waals surface area contributed by atoms with Gasteiger partial charge in [-0.2, -0.15) is 0 Å². The van der Waals surface area contributed by atoms with E-state index in [-0.39, 0.29) is 41.5 Å². The highest BCUT2D eigenvalue weighted by Crippen LogP contribution is 2.50. The van der Waals surface area contributed by atoms with Gasteiger partial charge in [0.2, 0.25) is 11.8 Å². The molecule has 0 spiro atoms. The molecule has 0 N–H and O–H groups in total. The summed E-state index contributed by atoms with van der Waals surface area (Å²) in [5, 5.41) is 0. The molecule has 4 atom stereocenters. The van der Waals surface area contributed by atoms with E-state index >= 15 is 0 Å². The molecule has 1 saturated carbocycles. The highest BCUT2D eigenvalue weighted by molar-refractivity contribution is 6.07. The first kappa shape index (κ1) is 18.4. The Morgan fingerprint density at radius 3 is 1.52 bits per heavy atom. The van der Waals surface area contributed by atoms with E-state index in [0.717, 1.165) is 36.8 Å². The maximum Gasteiger partial charge on any atom is 0.234 e. The normalized spacial score (nSPS) is 29.9. The van der Waals surface area contributed by atoms with Crippen LogP contribution >= 0.6 is 0 Å². The molecule has 2 aromatic rings. The van der Waals surface area contributed by atoms with E-state index in [9.17, 15) is 9.59 Å². The molecule has 1 saturated heterocycles. The van der Waals surface area contributed by atoms with Gasteiger partial charge >= 0.3 is 0 Å². The summed E-state index contributed by atoms with van der Waals surface area (Å²) in [5.41, 5.74) is 2.24. The largest absolute Gasteiger partial charge is 0.279 e. The van der Waals surface area contributed by atoms with Crippen LogP contribution in [0.1, 0.15) is 55.1 Å². The van der Waals surface area contributed by atoms with Crippen LogP contribution in [-0.4, -0.2) is 22.8 Å². The summed E-state index contributed by atoms with van der Waals surface area (Å²) >= 11 is 0. The maximum absolute atomic E-state index is 13.7. The number of carbonyl (C=O) groups is 2. The number of hydrogen-bond donors (Lipinski definition) is 0. The summed E-state index contributed by atoms with van der Waals surface area (Å²) in [7, 11) is 0. The zero-order valence-electron chi connectivity index (χ0n) is 16.6. The molecule has 3 nitrogen and oxygen atoms in total. The van der Waals surface area contributed by atoms with Crippen molar-refractivity contribution in [1.82, 2.24) is 4.90 Å². The molecule has 0 radical (unpaired) electrons. The van der Waals surface area contributed by atoms with Gasteiger partial charge in [0.05, 0.1) is 11.8 Å². The fourth-order valence-electron chi connectivity index (χ4n) is 5.66. The van der Waals surface area contributed by atoms with Gasteiger partial charge in [-0.15, -0.1) is 0 Å². The number of nitrogens with zero attached hydrogens (tertiary/aromatic N) is 1. The van der Waals surface area contributed by atoms with Gasteiger partial charge < -0.3 is 0 Å². The fourth-order valence-corrected chi connectivity index (χ4v) is 5.66. The van der Waals surface area contributed by atoms with E-state index in [0.29, 0.717) is 0 Å². The number of carbonyl (C=O) groups excluding carboxylic acids is 2. The smallest absolute Gasteiger partial charge is 0.234 e. The predicted molar refractivity (Wildman–Crippen MR) is 113 cm³/mol. The van der Waals surface area contributed by atoms with Crippen LogP contribution in [0.25, 0.3) is 0 Å². The van der Waals surface area contributed by atoms with Gasteiger partial charge in [-0.25, -0.2) is 0 Å². The van der Waals surface area contributed by atoms with E-state index in [2.05, 4.69) is 36.4 Å². The topological polar surface area (TPSA) is 37.4 Å². The van der Waals surface area contributed by atoms with Crippen molar-refractivity contribution in [3.05, 3.63) is 83.9 Å². The van der Waals surface area contributed by atoms with Gasteiger partial charge in [-0.05, 0) is 24.0 Å². The third-order valence-electron chi connectivity index (χ3n) is 7.04. The van der Waals surface area contributed by atoms with Crippen LogP contribution in [-0.2, 0) is 9.59 Å². The first-order valence-corrected chi connectivity index (χ1v) is 10.9. The van der Waals surface area contributed by atoms with Crippen molar-refractivity contribution in [2.24, 2.45) is 11.8 Å². The van der Waals surface area contributed by atoms with Crippen molar-refractivity contribution in [2.45, 2.75) is 50.0 Å². The fraction of sp³-hybridized carbons (Fsp3) is 0.385. The summed E-state index contributed by atoms with van der Waals surface area (Å²) in [4.78, 5) is 29.0. The van der Waals surface area contributed by atoms with Crippen LogP contribution in [0.3, 0.4) is 0 Å². The Kier molecular flexibility index (Phi) is 4.83. The summed E-state index contributed by atoms with van der Waals surface area (Å²) in [6.45, 7) is 0. The molecule has 0 bridgehead atoms. The van der Waals surface area contributed by atoms with Crippen molar-refractivity contribution in [1.29, 1.82) is 0 Å². The Morgan fingerprint density at radius 1 is 0.621 bits per heavy atom. The number of hydrogen-bond acceptors (Lipinski definition) is 2. The number of benzene rings is 2. The maximum atomic E-state index is 13.7. The average Bonchev–Trinajstić information content (AvgIpc) is 3.06. The molecule has 2 fully saturated rings. The summed E-state index contributed by atoms with van der Waals surface area (Å²) in [6.07, 6.45) is 9.68. The number of fused-ring (bicyclic) bond motifs is 1. The molecule has 3 heteroatoms. The average molecular weight is 386 g/mol. The molecule has 3 aliphatic rings. The second kappa shape index (κ2) is 7.62. The Hall–Kier alpha value is -2.68. The molecule has 0 unspecified atom stereocenters. The van der Waals surface area contributed by atoms with E-state index < -0.39 is 0 Å². The summed E-state index contributed by atoms with van der Waals surface area (Å²) in [5.74, 6) is -0.585. The lowest BCUT2D eigenvalue weighted by molar-refractivity contribution is -0.143. The molecule has 5 rings (SSSR count). The van der Waals surface area contributed by atoms with Gasteiger partial charge in [-0.1, -0.05) is 92.1 Å². The standard InChI is InChI=1S/C26H27NO2/c28-25-23-21(18-10-4-1-5-11-18)16-17-22(19-12-6-2-7-13-19)24(23)26(29)27(25)20-14-8-3-9-15-20/h1-2,4-7,10-13,16-17,20-24H,3,8-9,14-15H2/t21-,22-,23+,24+/m0/s1. The minimum Gasteiger partial charge on any atom is -0.279 e. The lowest BCUT2D eigenvalue weighted by Gasteiger charge is -2.32. The third kappa shape index (κ3) is 3.13.